The van der Waals surface area contributed by atoms with Crippen molar-refractivity contribution in [3.63, 3.8) is 0 Å². The van der Waals surface area contributed by atoms with Gasteiger partial charge in [-0.2, -0.15) is 0 Å². The maximum atomic E-state index is 6.55. The molecule has 0 saturated heterocycles. The number of aryl methyl sites for hydroxylation is 1. The van der Waals surface area contributed by atoms with E-state index < -0.39 is 0 Å². The lowest BCUT2D eigenvalue weighted by molar-refractivity contribution is 0.368. The predicted octanol–water partition coefficient (Wildman–Crippen LogP) is 3.25. The molecule has 27 heavy (non-hydrogen) atoms. The van der Waals surface area contributed by atoms with E-state index in [0.29, 0.717) is 5.96 Å². The molecule has 5 N–H and O–H groups in total. The summed E-state index contributed by atoms with van der Waals surface area (Å²) >= 11 is 0. The molecule has 0 saturated carbocycles. The highest BCUT2D eigenvalue weighted by Gasteiger charge is 2.35. The van der Waals surface area contributed by atoms with Crippen molar-refractivity contribution in [2.45, 2.75) is 18.9 Å². The highest BCUT2D eigenvalue weighted by Crippen LogP contribution is 2.45. The second kappa shape index (κ2) is 6.23. The number of aliphatic imine (C=N–C) groups is 1. The van der Waals surface area contributed by atoms with E-state index in [1.54, 1.807) is 5.01 Å². The van der Waals surface area contributed by atoms with Gasteiger partial charge in [0.05, 0.1) is 5.70 Å². The van der Waals surface area contributed by atoms with Crippen LogP contribution in [0.2, 0.25) is 0 Å². The van der Waals surface area contributed by atoms with Crippen molar-refractivity contribution in [1.29, 1.82) is 0 Å². The van der Waals surface area contributed by atoms with Crippen molar-refractivity contribution in [2.24, 2.45) is 16.7 Å². The molecule has 5 rings (SSSR count). The maximum absolute atomic E-state index is 6.55. The highest BCUT2D eigenvalue weighted by atomic mass is 15.5. The van der Waals surface area contributed by atoms with Gasteiger partial charge in [0.25, 0.3) is 0 Å². The van der Waals surface area contributed by atoms with E-state index >= 15 is 0 Å². The molecule has 5 heteroatoms. The number of nitrogens with one attached hydrogen (secondary N) is 1. The quantitative estimate of drug-likeness (QED) is 0.462. The van der Waals surface area contributed by atoms with Gasteiger partial charge in [-0.05, 0) is 40.3 Å². The first-order valence-corrected chi connectivity index (χ1v) is 9.16. The fourth-order valence-electron chi connectivity index (χ4n) is 4.31. The molecule has 5 nitrogen and oxygen atoms in total. The molecule has 1 heterocycles. The second-order valence-electron chi connectivity index (χ2n) is 6.98. The van der Waals surface area contributed by atoms with Crippen LogP contribution in [0.5, 0.6) is 0 Å². The van der Waals surface area contributed by atoms with Crippen LogP contribution in [0.3, 0.4) is 0 Å². The summed E-state index contributed by atoms with van der Waals surface area (Å²) < 4.78 is 0. The van der Waals surface area contributed by atoms with Crippen LogP contribution >= 0.6 is 0 Å². The molecule has 1 unspecified atom stereocenters. The van der Waals surface area contributed by atoms with Gasteiger partial charge in [0, 0.05) is 5.57 Å². The zero-order chi connectivity index (χ0) is 18.4. The molecule has 3 aromatic carbocycles. The van der Waals surface area contributed by atoms with E-state index in [0.717, 1.165) is 24.1 Å². The summed E-state index contributed by atoms with van der Waals surface area (Å²) in [6.45, 7) is 0. The van der Waals surface area contributed by atoms with E-state index in [9.17, 15) is 0 Å². The topological polar surface area (TPSA) is 79.7 Å². The van der Waals surface area contributed by atoms with Crippen molar-refractivity contribution >= 4 is 22.3 Å². The fraction of sp³-hybridized carbons (Fsp3) is 0.136. The summed E-state index contributed by atoms with van der Waals surface area (Å²) in [6.07, 6.45) is 1.86. The minimum absolute atomic E-state index is 0.156. The van der Waals surface area contributed by atoms with Gasteiger partial charge in [-0.3, -0.25) is 10.4 Å². The third kappa shape index (κ3) is 2.44. The van der Waals surface area contributed by atoms with E-state index in [1.165, 1.54) is 27.5 Å². The standard InChI is InChI=1S/C22H21N5/c23-26-22-25-19-13-12-15-7-2-4-10-17(15)20(19)21(27(22)24)18-11-5-8-14-6-1-3-9-16(14)18/h1-11,21H,12-13,23-24H2,(H,25,26). The van der Waals surface area contributed by atoms with E-state index in [4.69, 9.17) is 16.7 Å². The van der Waals surface area contributed by atoms with E-state index in [2.05, 4.69) is 72.2 Å². The first kappa shape index (κ1) is 16.1. The van der Waals surface area contributed by atoms with Crippen LogP contribution < -0.4 is 17.1 Å². The van der Waals surface area contributed by atoms with Gasteiger partial charge in [0.1, 0.15) is 6.04 Å². The molecular formula is C22H21N5. The van der Waals surface area contributed by atoms with Crippen LogP contribution in [0, 0.1) is 0 Å². The number of hydrazine groups is 2. The third-order valence-corrected chi connectivity index (χ3v) is 5.53. The molecule has 3 aromatic rings. The first-order chi connectivity index (χ1) is 13.3. The van der Waals surface area contributed by atoms with Crippen molar-refractivity contribution in [3.8, 4) is 0 Å². The molecule has 0 radical (unpaired) electrons. The Balaban J connectivity index is 1.80. The van der Waals surface area contributed by atoms with E-state index in [-0.39, 0.29) is 6.04 Å². The summed E-state index contributed by atoms with van der Waals surface area (Å²) in [7, 11) is 0. The normalized spacial score (nSPS) is 18.8. The van der Waals surface area contributed by atoms with Crippen LogP contribution in [-0.4, -0.2) is 11.0 Å². The molecule has 0 amide bonds. The van der Waals surface area contributed by atoms with Crippen molar-refractivity contribution in [3.05, 3.63) is 89.1 Å². The minimum atomic E-state index is -0.156. The lowest BCUT2D eigenvalue weighted by atomic mass is 9.81. The molecule has 0 bridgehead atoms. The predicted molar refractivity (Wildman–Crippen MR) is 109 cm³/mol. The highest BCUT2D eigenvalue weighted by molar-refractivity contribution is 5.94. The Morgan fingerprint density at radius 3 is 2.59 bits per heavy atom. The number of guanidine groups is 1. The van der Waals surface area contributed by atoms with Crippen LogP contribution in [0.4, 0.5) is 0 Å². The first-order valence-electron chi connectivity index (χ1n) is 9.16. The molecule has 0 aromatic heterocycles. The average Bonchev–Trinajstić information content (AvgIpc) is 2.73. The van der Waals surface area contributed by atoms with Gasteiger partial charge in [0.15, 0.2) is 0 Å². The molecular weight excluding hydrogens is 334 g/mol. The minimum Gasteiger partial charge on any atom is -0.293 e. The number of hydrogen-bond donors (Lipinski definition) is 3. The fourth-order valence-corrected chi connectivity index (χ4v) is 4.31. The average molecular weight is 355 g/mol. The van der Waals surface area contributed by atoms with Crippen molar-refractivity contribution in [1.82, 2.24) is 10.4 Å². The largest absolute Gasteiger partial charge is 0.293 e. The summed E-state index contributed by atoms with van der Waals surface area (Å²) in [5.41, 5.74) is 8.63. The number of rotatable bonds is 1. The van der Waals surface area contributed by atoms with Gasteiger partial charge in [-0.1, -0.05) is 66.7 Å². The lowest BCUT2D eigenvalue weighted by Crippen LogP contribution is -2.52. The summed E-state index contributed by atoms with van der Waals surface area (Å²) in [4.78, 5) is 4.72. The summed E-state index contributed by atoms with van der Waals surface area (Å²) in [5, 5.41) is 4.04. The van der Waals surface area contributed by atoms with Crippen LogP contribution in [0.25, 0.3) is 16.3 Å². The number of fused-ring (bicyclic) bond motifs is 3. The van der Waals surface area contributed by atoms with Gasteiger partial charge in [0.2, 0.25) is 5.96 Å². The monoisotopic (exact) mass is 355 g/mol. The number of nitrogens with zero attached hydrogens (tertiary/aromatic N) is 2. The van der Waals surface area contributed by atoms with Crippen LogP contribution in [-0.2, 0) is 6.42 Å². The van der Waals surface area contributed by atoms with Crippen LogP contribution in [0.1, 0.15) is 29.2 Å². The van der Waals surface area contributed by atoms with Gasteiger partial charge < -0.3 is 0 Å². The maximum Gasteiger partial charge on any atom is 0.228 e. The Labute approximate surface area is 157 Å². The molecule has 134 valence electrons. The molecule has 1 aliphatic carbocycles. The Hall–Kier alpha value is -3.15. The third-order valence-electron chi connectivity index (χ3n) is 5.53. The lowest BCUT2D eigenvalue weighted by Gasteiger charge is -2.39. The zero-order valence-corrected chi connectivity index (χ0v) is 14.9. The Bertz CT molecular complexity index is 1090. The van der Waals surface area contributed by atoms with E-state index in [1.807, 2.05) is 0 Å². The number of benzene rings is 3. The van der Waals surface area contributed by atoms with Crippen molar-refractivity contribution in [2.75, 3.05) is 0 Å². The number of hydrogen-bond acceptors (Lipinski definition) is 5. The Kier molecular flexibility index (Phi) is 3.70. The Morgan fingerprint density at radius 2 is 1.70 bits per heavy atom. The number of nitrogens with two attached hydrogens (primary N) is 2. The molecule has 2 aliphatic rings. The van der Waals surface area contributed by atoms with Gasteiger partial charge in [-0.25, -0.2) is 16.7 Å². The molecule has 0 fully saturated rings. The molecule has 1 aliphatic heterocycles. The molecule has 1 atom stereocenters. The van der Waals surface area contributed by atoms with Gasteiger partial charge in [-0.15, -0.1) is 0 Å². The SMILES string of the molecule is NNC1=NC2=C(c3ccccc3CC2)C(c2cccc3ccccc23)N1N. The summed E-state index contributed by atoms with van der Waals surface area (Å²) in [5.74, 6) is 12.8. The Morgan fingerprint density at radius 1 is 0.926 bits per heavy atom. The van der Waals surface area contributed by atoms with Crippen molar-refractivity contribution < 1.29 is 0 Å². The van der Waals surface area contributed by atoms with Gasteiger partial charge >= 0.3 is 0 Å². The zero-order valence-electron chi connectivity index (χ0n) is 14.9. The molecule has 0 spiro atoms. The number of allylic oxidation sites excluding steroid dienone is 1. The second-order valence-corrected chi connectivity index (χ2v) is 6.98. The smallest absolute Gasteiger partial charge is 0.228 e. The van der Waals surface area contributed by atoms with Crippen LogP contribution in [0.15, 0.2) is 77.4 Å². The summed E-state index contributed by atoms with van der Waals surface area (Å²) in [6, 6.07) is 23.1.